The molecule has 1 fully saturated rings. The molecule has 0 spiro atoms. The number of alkyl halides is 3. The Labute approximate surface area is 221 Å². The molecular weight excluding hydrogens is 545 g/mol. The SMILES string of the molecule is CC(C)(C)OC(=O)N1CCC(CCNS(=O)(=O)c2cc(S(=O)(=O)c3ccccc3)ccc2C(F)(F)F)CC1. The molecule has 8 nitrogen and oxygen atoms in total. The monoisotopic (exact) mass is 576 g/mol. The van der Waals surface area contributed by atoms with Crippen LogP contribution < -0.4 is 4.72 Å². The minimum Gasteiger partial charge on any atom is -0.444 e. The van der Waals surface area contributed by atoms with Crippen LogP contribution in [0.5, 0.6) is 0 Å². The number of halogens is 3. The maximum atomic E-state index is 13.7. The second-order valence-corrected chi connectivity index (χ2v) is 13.8. The lowest BCUT2D eigenvalue weighted by Gasteiger charge is -2.33. The molecule has 3 rings (SSSR count). The Morgan fingerprint density at radius 3 is 2.13 bits per heavy atom. The smallest absolute Gasteiger partial charge is 0.417 e. The highest BCUT2D eigenvalue weighted by Crippen LogP contribution is 2.36. The van der Waals surface area contributed by atoms with E-state index in [0.717, 1.165) is 6.07 Å². The number of hydrogen-bond acceptors (Lipinski definition) is 6. The topological polar surface area (TPSA) is 110 Å². The molecule has 1 saturated heterocycles. The van der Waals surface area contributed by atoms with Crippen molar-refractivity contribution in [3.8, 4) is 0 Å². The maximum Gasteiger partial charge on any atom is 0.417 e. The molecule has 0 radical (unpaired) electrons. The van der Waals surface area contributed by atoms with Crippen LogP contribution in [0.25, 0.3) is 0 Å². The van der Waals surface area contributed by atoms with Crippen molar-refractivity contribution >= 4 is 26.0 Å². The van der Waals surface area contributed by atoms with Crippen LogP contribution in [-0.4, -0.2) is 53.1 Å². The van der Waals surface area contributed by atoms with Crippen molar-refractivity contribution in [1.82, 2.24) is 9.62 Å². The van der Waals surface area contributed by atoms with Crippen molar-refractivity contribution in [1.29, 1.82) is 0 Å². The predicted octanol–water partition coefficient (Wildman–Crippen LogP) is 4.85. The van der Waals surface area contributed by atoms with Crippen molar-refractivity contribution in [2.45, 2.75) is 66.5 Å². The van der Waals surface area contributed by atoms with E-state index in [4.69, 9.17) is 4.74 Å². The summed E-state index contributed by atoms with van der Waals surface area (Å²) in [6.45, 7) is 5.99. The number of rotatable bonds is 7. The Morgan fingerprint density at radius 1 is 0.974 bits per heavy atom. The van der Waals surface area contributed by atoms with Crippen LogP contribution in [0.15, 0.2) is 63.2 Å². The highest BCUT2D eigenvalue weighted by Gasteiger charge is 2.38. The Balaban J connectivity index is 1.72. The number of carbonyl (C=O) groups excluding carboxylic acids is 1. The summed E-state index contributed by atoms with van der Waals surface area (Å²) in [4.78, 5) is 11.9. The Morgan fingerprint density at radius 2 is 1.58 bits per heavy atom. The average Bonchev–Trinajstić information content (AvgIpc) is 2.83. The van der Waals surface area contributed by atoms with Gasteiger partial charge < -0.3 is 9.64 Å². The summed E-state index contributed by atoms with van der Waals surface area (Å²) in [5.41, 5.74) is -2.08. The van der Waals surface area contributed by atoms with Crippen molar-refractivity contribution in [3.05, 3.63) is 54.1 Å². The molecule has 0 atom stereocenters. The molecule has 0 saturated carbocycles. The first-order valence-electron chi connectivity index (χ1n) is 12.0. The number of sulfonamides is 1. The normalized spacial score (nSPS) is 15.9. The molecule has 1 aliphatic rings. The van der Waals surface area contributed by atoms with E-state index in [1.807, 2.05) is 0 Å². The molecule has 0 aliphatic carbocycles. The van der Waals surface area contributed by atoms with Crippen LogP contribution in [-0.2, 0) is 30.8 Å². The number of benzene rings is 2. The molecule has 1 N–H and O–H groups in total. The van der Waals surface area contributed by atoms with Crippen molar-refractivity contribution in [2.75, 3.05) is 19.6 Å². The number of carbonyl (C=O) groups is 1. The number of nitrogens with zero attached hydrogens (tertiary/aromatic N) is 1. The van der Waals surface area contributed by atoms with Gasteiger partial charge in [0.05, 0.1) is 20.2 Å². The zero-order chi connectivity index (χ0) is 28.4. The van der Waals surface area contributed by atoms with E-state index in [1.54, 1.807) is 31.7 Å². The summed E-state index contributed by atoms with van der Waals surface area (Å²) < 4.78 is 100. The third kappa shape index (κ3) is 7.48. The molecule has 2 aromatic carbocycles. The second kappa shape index (κ2) is 11.2. The van der Waals surface area contributed by atoms with E-state index < -0.39 is 53.1 Å². The molecule has 1 aliphatic heterocycles. The minimum atomic E-state index is -5.02. The van der Waals surface area contributed by atoms with Crippen molar-refractivity contribution in [3.63, 3.8) is 0 Å². The van der Waals surface area contributed by atoms with Gasteiger partial charge in [0.2, 0.25) is 19.9 Å². The second-order valence-electron chi connectivity index (χ2n) is 10.1. The maximum absolute atomic E-state index is 13.7. The van der Waals surface area contributed by atoms with Crippen molar-refractivity contribution < 1.29 is 39.5 Å². The minimum absolute atomic E-state index is 0.0447. The highest BCUT2D eigenvalue weighted by molar-refractivity contribution is 7.91. The van der Waals surface area contributed by atoms with Crippen LogP contribution in [0.2, 0.25) is 0 Å². The first-order valence-corrected chi connectivity index (χ1v) is 15.0. The number of piperidine rings is 1. The highest BCUT2D eigenvalue weighted by atomic mass is 32.2. The van der Waals surface area contributed by atoms with Gasteiger partial charge in [-0.05, 0) is 76.3 Å². The molecule has 0 bridgehead atoms. The van der Waals surface area contributed by atoms with Crippen LogP contribution in [0.1, 0.15) is 45.6 Å². The van der Waals surface area contributed by atoms with Gasteiger partial charge in [-0.3, -0.25) is 0 Å². The van der Waals surface area contributed by atoms with Crippen LogP contribution in [0, 0.1) is 5.92 Å². The standard InChI is InChI=1S/C25H31F3N2O6S2/c1-24(2,3)36-23(31)30-15-12-18(13-16-30)11-14-29-38(34,35)22-17-20(9-10-21(22)25(26,27)28)37(32,33)19-7-5-4-6-8-19/h4-10,17-18,29H,11-16H2,1-3H3. The van der Waals surface area contributed by atoms with E-state index in [9.17, 15) is 34.8 Å². The Bertz CT molecular complexity index is 1350. The summed E-state index contributed by atoms with van der Waals surface area (Å²) in [5, 5.41) is 0. The fourth-order valence-corrected chi connectivity index (χ4v) is 6.75. The number of likely N-dealkylation sites (tertiary alicyclic amines) is 1. The van der Waals surface area contributed by atoms with Gasteiger partial charge in [-0.2, -0.15) is 13.2 Å². The third-order valence-corrected chi connectivity index (χ3v) is 9.29. The molecule has 0 aromatic heterocycles. The number of hydrogen-bond donors (Lipinski definition) is 1. The molecule has 38 heavy (non-hydrogen) atoms. The summed E-state index contributed by atoms with van der Waals surface area (Å²) in [6.07, 6.45) is -3.95. The van der Waals surface area contributed by atoms with Crippen LogP contribution in [0.4, 0.5) is 18.0 Å². The van der Waals surface area contributed by atoms with E-state index in [1.165, 1.54) is 24.3 Å². The van der Waals surface area contributed by atoms with E-state index in [-0.39, 0.29) is 17.4 Å². The summed E-state index contributed by atoms with van der Waals surface area (Å²) in [6, 6.07) is 8.79. The van der Waals surface area contributed by atoms with Gasteiger partial charge in [0.1, 0.15) is 5.60 Å². The fourth-order valence-electron chi connectivity index (χ4n) is 4.07. The first-order chi connectivity index (χ1) is 17.5. The Kier molecular flexibility index (Phi) is 8.84. The summed E-state index contributed by atoms with van der Waals surface area (Å²) >= 11 is 0. The summed E-state index contributed by atoms with van der Waals surface area (Å²) in [5.74, 6) is 0.0447. The number of amides is 1. The molecule has 2 aromatic rings. The lowest BCUT2D eigenvalue weighted by Crippen LogP contribution is -2.42. The van der Waals surface area contributed by atoms with Gasteiger partial charge in [0.15, 0.2) is 0 Å². The van der Waals surface area contributed by atoms with Gasteiger partial charge in [0, 0.05) is 19.6 Å². The lowest BCUT2D eigenvalue weighted by atomic mass is 9.94. The molecule has 13 heteroatoms. The van der Waals surface area contributed by atoms with Crippen LogP contribution >= 0.6 is 0 Å². The quantitative estimate of drug-likeness (QED) is 0.505. The molecular formula is C25H31F3N2O6S2. The molecule has 1 amide bonds. The Hall–Kier alpha value is -2.64. The van der Waals surface area contributed by atoms with E-state index in [2.05, 4.69) is 4.72 Å². The average molecular weight is 577 g/mol. The molecule has 0 unspecified atom stereocenters. The van der Waals surface area contributed by atoms with Crippen LogP contribution in [0.3, 0.4) is 0 Å². The zero-order valence-electron chi connectivity index (χ0n) is 21.3. The number of sulfone groups is 1. The van der Waals surface area contributed by atoms with Crippen molar-refractivity contribution in [2.24, 2.45) is 5.92 Å². The summed E-state index contributed by atoms with van der Waals surface area (Å²) in [7, 11) is -8.95. The molecule has 210 valence electrons. The van der Waals surface area contributed by atoms with Gasteiger partial charge in [-0.25, -0.2) is 26.4 Å². The van der Waals surface area contributed by atoms with Gasteiger partial charge in [-0.1, -0.05) is 18.2 Å². The zero-order valence-corrected chi connectivity index (χ0v) is 22.9. The predicted molar refractivity (Wildman–Crippen MR) is 134 cm³/mol. The molecule has 1 heterocycles. The van der Waals surface area contributed by atoms with E-state index in [0.29, 0.717) is 44.5 Å². The largest absolute Gasteiger partial charge is 0.444 e. The first kappa shape index (κ1) is 29.9. The van der Waals surface area contributed by atoms with Gasteiger partial charge >= 0.3 is 12.3 Å². The third-order valence-electron chi connectivity index (χ3n) is 6.02. The fraction of sp³-hybridized carbons (Fsp3) is 0.480. The number of ether oxygens (including phenoxy) is 1. The van der Waals surface area contributed by atoms with Gasteiger partial charge in [-0.15, -0.1) is 0 Å². The number of nitrogens with one attached hydrogen (secondary N) is 1. The van der Waals surface area contributed by atoms with Gasteiger partial charge in [0.25, 0.3) is 0 Å². The van der Waals surface area contributed by atoms with E-state index >= 15 is 0 Å². The lowest BCUT2D eigenvalue weighted by molar-refractivity contribution is -0.139.